The highest BCUT2D eigenvalue weighted by Crippen LogP contribution is 2.35. The van der Waals surface area contributed by atoms with Gasteiger partial charge in [0.05, 0.1) is 10.6 Å². The Balaban J connectivity index is 1.77. The first-order valence-corrected chi connectivity index (χ1v) is 7.46. The molecule has 3 N–H and O–H groups in total. The number of nitrogens with two attached hydrogens (primary N) is 1. The number of nitrogens with zero attached hydrogens (tertiary/aromatic N) is 2. The monoisotopic (exact) mass is 294 g/mol. The molecule has 1 saturated heterocycles. The highest BCUT2D eigenvalue weighted by molar-refractivity contribution is 6.33. The molecule has 108 valence electrons. The number of fused-ring (bicyclic) bond motifs is 2. The summed E-state index contributed by atoms with van der Waals surface area (Å²) in [5.74, 6) is 7.04. The number of piperidine rings is 1. The zero-order chi connectivity index (χ0) is 14.1. The van der Waals surface area contributed by atoms with Crippen LogP contribution in [-0.2, 0) is 0 Å². The quantitative estimate of drug-likeness (QED) is 0.648. The van der Waals surface area contributed by atoms with E-state index in [0.717, 1.165) is 13.1 Å². The maximum atomic E-state index is 12.6. The number of hydrogen-bond acceptors (Lipinski definition) is 4. The van der Waals surface area contributed by atoms with Crippen LogP contribution in [0, 0.1) is 11.8 Å². The maximum absolute atomic E-state index is 12.6. The molecule has 20 heavy (non-hydrogen) atoms. The zero-order valence-electron chi connectivity index (χ0n) is 11.3. The van der Waals surface area contributed by atoms with Gasteiger partial charge in [0.1, 0.15) is 0 Å². The molecule has 2 heterocycles. The average molecular weight is 295 g/mol. The van der Waals surface area contributed by atoms with Gasteiger partial charge in [-0.3, -0.25) is 4.79 Å². The van der Waals surface area contributed by atoms with E-state index in [1.165, 1.54) is 31.9 Å². The minimum Gasteiger partial charge on any atom is -0.338 e. The Morgan fingerprint density at radius 1 is 1.40 bits per heavy atom. The van der Waals surface area contributed by atoms with Crippen LogP contribution in [0.5, 0.6) is 0 Å². The third-order valence-electron chi connectivity index (χ3n) is 4.36. The molecule has 1 aliphatic carbocycles. The van der Waals surface area contributed by atoms with Crippen LogP contribution < -0.4 is 11.3 Å². The van der Waals surface area contributed by atoms with Gasteiger partial charge in [0, 0.05) is 19.3 Å². The van der Waals surface area contributed by atoms with Gasteiger partial charge in [0.15, 0.2) is 5.82 Å². The lowest BCUT2D eigenvalue weighted by atomic mass is 9.78. The Morgan fingerprint density at radius 3 is 2.70 bits per heavy atom. The predicted octanol–water partition coefficient (Wildman–Crippen LogP) is 2.28. The molecule has 2 bridgehead atoms. The number of aromatic nitrogens is 1. The minimum absolute atomic E-state index is 0.0274. The van der Waals surface area contributed by atoms with E-state index in [9.17, 15) is 4.79 Å². The summed E-state index contributed by atoms with van der Waals surface area (Å²) in [6.45, 7) is 1.73. The normalized spacial score (nSPS) is 25.4. The molecular formula is C14H19ClN4O. The molecule has 1 aromatic heterocycles. The van der Waals surface area contributed by atoms with E-state index in [-0.39, 0.29) is 5.91 Å². The van der Waals surface area contributed by atoms with Crippen LogP contribution in [0.2, 0.25) is 5.02 Å². The summed E-state index contributed by atoms with van der Waals surface area (Å²) >= 11 is 6.03. The molecule has 2 atom stereocenters. The number of anilines is 1. The first-order chi connectivity index (χ1) is 9.67. The van der Waals surface area contributed by atoms with Gasteiger partial charge < -0.3 is 10.3 Å². The number of halogens is 1. The number of nitrogen functional groups attached to an aromatic ring is 1. The van der Waals surface area contributed by atoms with Crippen molar-refractivity contribution < 1.29 is 4.79 Å². The van der Waals surface area contributed by atoms with Gasteiger partial charge in [0.2, 0.25) is 0 Å². The summed E-state index contributed by atoms with van der Waals surface area (Å²) in [6.07, 6.45) is 6.61. The number of rotatable bonds is 2. The molecule has 1 saturated carbocycles. The SMILES string of the molecule is NNc1ncc(C(=O)N2CC3CCCC(C3)C2)cc1Cl. The zero-order valence-corrected chi connectivity index (χ0v) is 12.1. The van der Waals surface area contributed by atoms with E-state index in [0.29, 0.717) is 28.2 Å². The Bertz CT molecular complexity index is 510. The molecule has 0 spiro atoms. The molecule has 2 fully saturated rings. The Hall–Kier alpha value is -1.33. The van der Waals surface area contributed by atoms with Crippen LogP contribution >= 0.6 is 11.6 Å². The third-order valence-corrected chi connectivity index (χ3v) is 4.65. The molecule has 2 unspecified atom stereocenters. The van der Waals surface area contributed by atoms with E-state index >= 15 is 0 Å². The van der Waals surface area contributed by atoms with Crippen molar-refractivity contribution >= 4 is 23.3 Å². The predicted molar refractivity (Wildman–Crippen MR) is 78.4 cm³/mol. The number of carbonyl (C=O) groups is 1. The summed E-state index contributed by atoms with van der Waals surface area (Å²) < 4.78 is 0. The van der Waals surface area contributed by atoms with Crippen molar-refractivity contribution in [2.75, 3.05) is 18.5 Å². The van der Waals surface area contributed by atoms with E-state index in [2.05, 4.69) is 10.4 Å². The third kappa shape index (κ3) is 2.60. The van der Waals surface area contributed by atoms with Gasteiger partial charge in [-0.05, 0) is 37.2 Å². The summed E-state index contributed by atoms with van der Waals surface area (Å²) in [4.78, 5) is 18.6. The Kier molecular flexibility index (Phi) is 3.81. The number of amides is 1. The van der Waals surface area contributed by atoms with E-state index in [1.807, 2.05) is 4.90 Å². The average Bonchev–Trinajstić information content (AvgIpc) is 2.46. The van der Waals surface area contributed by atoms with Crippen LogP contribution in [0.15, 0.2) is 12.3 Å². The number of nitrogens with one attached hydrogen (secondary N) is 1. The molecular weight excluding hydrogens is 276 g/mol. The summed E-state index contributed by atoms with van der Waals surface area (Å²) in [7, 11) is 0. The van der Waals surface area contributed by atoms with Crippen molar-refractivity contribution in [1.82, 2.24) is 9.88 Å². The van der Waals surface area contributed by atoms with Crippen molar-refractivity contribution in [3.63, 3.8) is 0 Å². The lowest BCUT2D eigenvalue weighted by Crippen LogP contribution is -2.45. The van der Waals surface area contributed by atoms with E-state index in [4.69, 9.17) is 17.4 Å². The smallest absolute Gasteiger partial charge is 0.255 e. The van der Waals surface area contributed by atoms with Crippen molar-refractivity contribution in [2.24, 2.45) is 17.7 Å². The largest absolute Gasteiger partial charge is 0.338 e. The first kappa shape index (κ1) is 13.6. The van der Waals surface area contributed by atoms with Crippen molar-refractivity contribution in [3.8, 4) is 0 Å². The Morgan fingerprint density at radius 2 is 2.10 bits per heavy atom. The molecule has 1 aliphatic heterocycles. The molecule has 5 nitrogen and oxygen atoms in total. The number of carbonyl (C=O) groups excluding carboxylic acids is 1. The molecule has 6 heteroatoms. The molecule has 0 aromatic carbocycles. The van der Waals surface area contributed by atoms with Crippen molar-refractivity contribution in [2.45, 2.75) is 25.7 Å². The number of hydrazine groups is 1. The lowest BCUT2D eigenvalue weighted by molar-refractivity contribution is 0.0504. The van der Waals surface area contributed by atoms with Gasteiger partial charge in [-0.1, -0.05) is 18.0 Å². The number of hydrogen-bond donors (Lipinski definition) is 2. The van der Waals surface area contributed by atoms with Crippen LogP contribution in [-0.4, -0.2) is 28.9 Å². The molecule has 1 aromatic rings. The molecule has 2 aliphatic rings. The van der Waals surface area contributed by atoms with E-state index in [1.54, 1.807) is 6.07 Å². The second kappa shape index (κ2) is 5.58. The van der Waals surface area contributed by atoms with Crippen LogP contribution in [0.1, 0.15) is 36.0 Å². The summed E-state index contributed by atoms with van der Waals surface area (Å²) in [5.41, 5.74) is 2.94. The first-order valence-electron chi connectivity index (χ1n) is 7.09. The van der Waals surface area contributed by atoms with Gasteiger partial charge in [-0.2, -0.15) is 0 Å². The highest BCUT2D eigenvalue weighted by Gasteiger charge is 2.33. The Labute approximate surface area is 123 Å². The van der Waals surface area contributed by atoms with Crippen LogP contribution in [0.4, 0.5) is 5.82 Å². The fourth-order valence-electron chi connectivity index (χ4n) is 3.44. The maximum Gasteiger partial charge on any atom is 0.255 e. The fourth-order valence-corrected chi connectivity index (χ4v) is 3.66. The lowest BCUT2D eigenvalue weighted by Gasteiger charge is -2.41. The number of likely N-dealkylation sites (tertiary alicyclic amines) is 1. The van der Waals surface area contributed by atoms with Crippen molar-refractivity contribution in [1.29, 1.82) is 0 Å². The second-order valence-electron chi connectivity index (χ2n) is 5.81. The van der Waals surface area contributed by atoms with Gasteiger partial charge >= 0.3 is 0 Å². The van der Waals surface area contributed by atoms with Gasteiger partial charge in [-0.25, -0.2) is 10.8 Å². The molecule has 3 rings (SSSR count). The molecule has 0 radical (unpaired) electrons. The minimum atomic E-state index is 0.0274. The molecule has 1 amide bonds. The van der Waals surface area contributed by atoms with Crippen LogP contribution in [0.25, 0.3) is 0 Å². The fraction of sp³-hybridized carbons (Fsp3) is 0.571. The van der Waals surface area contributed by atoms with Gasteiger partial charge in [-0.15, -0.1) is 0 Å². The summed E-state index contributed by atoms with van der Waals surface area (Å²) in [5, 5.41) is 0.371. The number of pyridine rings is 1. The van der Waals surface area contributed by atoms with E-state index < -0.39 is 0 Å². The topological polar surface area (TPSA) is 71.2 Å². The standard InChI is InChI=1S/C14H19ClN4O/c15-12-5-11(6-17-13(12)18-16)14(20)19-7-9-2-1-3-10(4-9)8-19/h5-6,9-10H,1-4,7-8,16H2,(H,17,18). The van der Waals surface area contributed by atoms with Crippen molar-refractivity contribution in [3.05, 3.63) is 22.8 Å². The van der Waals surface area contributed by atoms with Crippen LogP contribution in [0.3, 0.4) is 0 Å². The van der Waals surface area contributed by atoms with Gasteiger partial charge in [0.25, 0.3) is 5.91 Å². The summed E-state index contributed by atoms with van der Waals surface area (Å²) in [6, 6.07) is 1.64. The second-order valence-corrected chi connectivity index (χ2v) is 6.21. The highest BCUT2D eigenvalue weighted by atomic mass is 35.5.